The van der Waals surface area contributed by atoms with Crippen molar-refractivity contribution < 1.29 is 63.6 Å². The Bertz CT molecular complexity index is 2020. The maximum Gasteiger partial charge on any atom is 0.326 e. The molecule has 10 atom stereocenters. The number of amides is 8. The van der Waals surface area contributed by atoms with Gasteiger partial charge in [-0.3, -0.25) is 43.3 Å². The number of nitrogens with zero attached hydrogens (tertiary/aromatic N) is 2. The monoisotopic (exact) mass is 994 g/mol. The van der Waals surface area contributed by atoms with Crippen molar-refractivity contribution in [1.29, 1.82) is 0 Å². The predicted octanol–water partition coefficient (Wildman–Crippen LogP) is -4.45. The molecule has 0 saturated carbocycles. The molecule has 0 unspecified atom stereocenters. The second-order valence-corrected chi connectivity index (χ2v) is 19.0. The van der Waals surface area contributed by atoms with Crippen molar-refractivity contribution in [1.82, 2.24) is 36.8 Å². The zero-order valence-corrected chi connectivity index (χ0v) is 40.5. The number of aliphatic carboxylic acids is 1. The number of carboxylic acids is 1. The highest BCUT2D eigenvalue weighted by Crippen LogP contribution is 2.23. The third kappa shape index (κ3) is 18.6. The van der Waals surface area contributed by atoms with Crippen LogP contribution in [0.5, 0.6) is 5.75 Å². The number of aliphatic imine (C=N–C) groups is 1. The summed E-state index contributed by atoms with van der Waals surface area (Å²) in [6.45, 7) is 8.67. The lowest BCUT2D eigenvalue weighted by Gasteiger charge is -2.34. The Labute approximate surface area is 405 Å². The van der Waals surface area contributed by atoms with Crippen LogP contribution in [0.25, 0.3) is 0 Å². The number of primary amides is 1. The van der Waals surface area contributed by atoms with Crippen molar-refractivity contribution in [2.75, 3.05) is 19.7 Å². The molecule has 26 heteroatoms. The van der Waals surface area contributed by atoms with E-state index in [1.165, 1.54) is 43.0 Å². The minimum absolute atomic E-state index is 0.0300. The number of β-amino-alcohol motifs (C(OH)–C–C–N with tert-alkyl or cyclic N) is 1. The van der Waals surface area contributed by atoms with Crippen LogP contribution >= 0.6 is 12.6 Å². The number of hydrogen-bond donors (Lipinski definition) is 15. The summed E-state index contributed by atoms with van der Waals surface area (Å²) < 4.78 is -1.37. The van der Waals surface area contributed by atoms with Crippen LogP contribution in [-0.4, -0.2) is 163 Å². The lowest BCUT2D eigenvalue weighted by Crippen LogP contribution is -2.64. The molecule has 1 aliphatic rings. The molecule has 25 nitrogen and oxygen atoms in total. The number of rotatable bonds is 27. The Balaban J connectivity index is 2.40. The van der Waals surface area contributed by atoms with Gasteiger partial charge in [0.25, 0.3) is 0 Å². The lowest BCUT2D eigenvalue weighted by molar-refractivity contribution is -0.142. The van der Waals surface area contributed by atoms with Crippen molar-refractivity contribution in [3.63, 3.8) is 0 Å². The fourth-order valence-electron chi connectivity index (χ4n) is 7.04. The summed E-state index contributed by atoms with van der Waals surface area (Å²) in [6, 6.07) is -6.18. The molecule has 1 aliphatic heterocycles. The first kappa shape index (κ1) is 58.9. The number of hydrogen-bond acceptors (Lipinski definition) is 15. The number of thiol groups is 1. The van der Waals surface area contributed by atoms with Crippen molar-refractivity contribution in [3.8, 4) is 5.75 Å². The van der Waals surface area contributed by atoms with E-state index in [-0.39, 0.29) is 56.4 Å². The molecule has 2 rings (SSSR count). The van der Waals surface area contributed by atoms with Crippen molar-refractivity contribution in [2.24, 2.45) is 39.8 Å². The van der Waals surface area contributed by atoms with Gasteiger partial charge in [-0.15, -0.1) is 0 Å². The molecule has 0 bridgehead atoms. The number of phenols is 1. The minimum atomic E-state index is -1.85. The molecule has 0 radical (unpaired) electrons. The molecule has 1 aromatic rings. The van der Waals surface area contributed by atoms with Crippen molar-refractivity contribution in [2.45, 2.75) is 139 Å². The van der Waals surface area contributed by atoms with Crippen LogP contribution in [0.4, 0.5) is 0 Å². The highest BCUT2D eigenvalue weighted by molar-refractivity contribution is 7.81. The molecular formula is C43H70N12O13S. The van der Waals surface area contributed by atoms with E-state index < -0.39 is 131 Å². The normalized spacial score (nSPS) is 18.2. The Hall–Kier alpha value is -6.25. The Morgan fingerprint density at radius 2 is 1.38 bits per heavy atom. The molecule has 1 aromatic carbocycles. The van der Waals surface area contributed by atoms with E-state index >= 15 is 0 Å². The number of phenolic OH excluding ortho intramolecular Hbond substituents is 1. The molecule has 1 fully saturated rings. The quantitative estimate of drug-likeness (QED) is 0.0171. The number of aliphatic hydroxyl groups is 2. The molecular weight excluding hydrogens is 925 g/mol. The maximum absolute atomic E-state index is 14.3. The molecule has 0 aromatic heterocycles. The number of aliphatic hydroxyl groups excluding tert-OH is 2. The Morgan fingerprint density at radius 1 is 0.826 bits per heavy atom. The van der Waals surface area contributed by atoms with Crippen LogP contribution in [0, 0.1) is 11.8 Å². The van der Waals surface area contributed by atoms with E-state index in [9.17, 15) is 63.6 Å². The van der Waals surface area contributed by atoms with Crippen LogP contribution in [-0.2, 0) is 49.6 Å². The summed E-state index contributed by atoms with van der Waals surface area (Å²) in [5.41, 5.74) is 22.4. The van der Waals surface area contributed by atoms with Crippen LogP contribution in [0.2, 0.25) is 0 Å². The van der Waals surface area contributed by atoms with Crippen LogP contribution in [0.3, 0.4) is 0 Å². The summed E-state index contributed by atoms with van der Waals surface area (Å²) in [5, 5.41) is 54.8. The summed E-state index contributed by atoms with van der Waals surface area (Å²) in [4.78, 5) is 125. The standard InChI is InChI=1S/C43H70N12O13S/c1-7-21(4)32(53-37(63)29-16-24(58)18-55(29)40(66)31(45)20(2)3)38(64)54-33(43(5,6)69)39(65)51-26(15-22-10-12-23(57)13-11-22)34(60)52-28(19-56)36(62)50-27(17-30(44)59)35(61)49-25(41(67)68)9-8-14-48-42(46)47/h10-13,20-21,24-29,31-33,56-58,69H,7-9,14-19,45H2,1-6H3,(H2,44,59)(H,49,61)(H,50,62)(H,51,65)(H,52,60)(H,53,63)(H,54,64)(H,67,68)(H4,46,47,48)/t21-,24+,25-,26-,27-,28-,29-,31-,32-,33+/m0/s1. The van der Waals surface area contributed by atoms with Crippen LogP contribution in [0.15, 0.2) is 29.3 Å². The van der Waals surface area contributed by atoms with Gasteiger partial charge in [-0.25, -0.2) is 4.79 Å². The van der Waals surface area contributed by atoms with Gasteiger partial charge >= 0.3 is 5.97 Å². The maximum atomic E-state index is 14.3. The second-order valence-electron chi connectivity index (χ2n) is 17.9. The van der Waals surface area contributed by atoms with Crippen molar-refractivity contribution >= 4 is 71.8 Å². The Morgan fingerprint density at radius 3 is 1.90 bits per heavy atom. The topological polar surface area (TPSA) is 426 Å². The number of carboxylic acid groups (broad SMARTS) is 1. The molecule has 1 heterocycles. The number of carbonyl (C=O) groups excluding carboxylic acids is 8. The zero-order chi connectivity index (χ0) is 52.5. The van der Waals surface area contributed by atoms with Gasteiger partial charge in [-0.2, -0.15) is 12.6 Å². The molecule has 0 aliphatic carbocycles. The van der Waals surface area contributed by atoms with E-state index in [0.717, 1.165) is 0 Å². The summed E-state index contributed by atoms with van der Waals surface area (Å²) in [5.74, 6) is -10.2. The van der Waals surface area contributed by atoms with Gasteiger partial charge in [-0.1, -0.05) is 46.2 Å². The number of nitrogens with one attached hydrogen (secondary N) is 6. The van der Waals surface area contributed by atoms with E-state index in [2.05, 4.69) is 49.5 Å². The van der Waals surface area contributed by atoms with Crippen LogP contribution in [0.1, 0.15) is 79.2 Å². The number of benzene rings is 1. The first-order valence-electron chi connectivity index (χ1n) is 22.4. The van der Waals surface area contributed by atoms with E-state index in [1.807, 2.05) is 0 Å². The van der Waals surface area contributed by atoms with E-state index in [1.54, 1.807) is 27.7 Å². The van der Waals surface area contributed by atoms with Gasteiger partial charge in [0, 0.05) is 30.7 Å². The smallest absolute Gasteiger partial charge is 0.326 e. The van der Waals surface area contributed by atoms with Gasteiger partial charge < -0.3 is 80.2 Å². The number of likely N-dealkylation sites (tertiary alicyclic amines) is 1. The lowest BCUT2D eigenvalue weighted by atomic mass is 9.95. The summed E-state index contributed by atoms with van der Waals surface area (Å²) >= 11 is 4.57. The number of guanidine groups is 1. The number of nitrogens with two attached hydrogens (primary N) is 4. The van der Waals surface area contributed by atoms with Crippen molar-refractivity contribution in [3.05, 3.63) is 29.8 Å². The molecule has 69 heavy (non-hydrogen) atoms. The predicted molar refractivity (Wildman–Crippen MR) is 253 cm³/mol. The van der Waals surface area contributed by atoms with Crippen LogP contribution < -0.4 is 54.8 Å². The highest BCUT2D eigenvalue weighted by atomic mass is 32.1. The summed E-state index contributed by atoms with van der Waals surface area (Å²) in [7, 11) is 0. The fourth-order valence-corrected chi connectivity index (χ4v) is 7.23. The van der Waals surface area contributed by atoms with E-state index in [4.69, 9.17) is 22.9 Å². The van der Waals surface area contributed by atoms with Gasteiger partial charge in [0.15, 0.2) is 5.96 Å². The fraction of sp³-hybridized carbons (Fsp3) is 0.628. The SMILES string of the molecule is CC[C@H](C)[C@H](NC(=O)[C@@H]1C[C@@H](O)CN1C(=O)[C@@H](N)C(C)C)C(=O)N[C@H](C(=O)N[C@@H](Cc1ccc(O)cc1)C(=O)N[C@@H](CO)C(=O)N[C@@H](CC(N)=O)C(=O)N[C@@H](CCCN=C(N)N)C(=O)O)C(C)(C)S. The average Bonchev–Trinajstić information content (AvgIpc) is 3.67. The number of carbonyl (C=O) groups is 9. The third-order valence-corrected chi connectivity index (χ3v) is 11.6. The van der Waals surface area contributed by atoms with Gasteiger partial charge in [0.1, 0.15) is 48.0 Å². The minimum Gasteiger partial charge on any atom is -0.508 e. The first-order chi connectivity index (χ1) is 32.1. The van der Waals surface area contributed by atoms with Gasteiger partial charge in [0.05, 0.1) is 25.2 Å². The second kappa shape index (κ2) is 27.1. The Kier molecular flexibility index (Phi) is 23.1. The molecule has 1 saturated heterocycles. The van der Waals surface area contributed by atoms with Gasteiger partial charge in [-0.05, 0) is 56.2 Å². The third-order valence-electron chi connectivity index (χ3n) is 11.3. The van der Waals surface area contributed by atoms with Gasteiger partial charge in [0.2, 0.25) is 47.3 Å². The summed E-state index contributed by atoms with van der Waals surface area (Å²) in [6.07, 6.45) is -1.96. The average molecular weight is 995 g/mol. The molecule has 386 valence electrons. The van der Waals surface area contributed by atoms with E-state index in [0.29, 0.717) is 12.0 Å². The molecule has 8 amide bonds. The molecule has 0 spiro atoms. The largest absolute Gasteiger partial charge is 0.508 e. The first-order valence-corrected chi connectivity index (χ1v) is 22.8. The number of aromatic hydroxyl groups is 1. The highest BCUT2D eigenvalue weighted by Gasteiger charge is 2.44. The molecule has 18 N–H and O–H groups in total. The zero-order valence-electron chi connectivity index (χ0n) is 39.6.